The molecule has 2 heteroatoms. The number of ether oxygens (including phenoxy) is 1. The Morgan fingerprint density at radius 3 is 2.63 bits per heavy atom. The monoisotopic (exact) mass is 259 g/mol. The van der Waals surface area contributed by atoms with Gasteiger partial charge in [0, 0.05) is 12.5 Å². The minimum atomic E-state index is 0.515. The summed E-state index contributed by atoms with van der Waals surface area (Å²) in [6, 6.07) is 8.84. The number of hydrogen-bond acceptors (Lipinski definition) is 2. The van der Waals surface area contributed by atoms with Gasteiger partial charge in [-0.25, -0.2) is 0 Å². The maximum Gasteiger partial charge on any atom is 0.118 e. The molecule has 1 N–H and O–H groups in total. The topological polar surface area (TPSA) is 21.3 Å². The van der Waals surface area contributed by atoms with Crippen LogP contribution in [0.1, 0.15) is 38.2 Å². The van der Waals surface area contributed by atoms with Crippen molar-refractivity contribution in [2.75, 3.05) is 13.7 Å². The second-order valence-electron chi connectivity index (χ2n) is 4.80. The summed E-state index contributed by atoms with van der Waals surface area (Å²) in [7, 11) is 1.69. The van der Waals surface area contributed by atoms with Crippen molar-refractivity contribution in [2.45, 2.75) is 45.1 Å². The van der Waals surface area contributed by atoms with Gasteiger partial charge >= 0.3 is 0 Å². The smallest absolute Gasteiger partial charge is 0.118 e. The molecule has 0 aromatic heterocycles. The average molecular weight is 259 g/mol. The SMILES string of the molecule is C#CCCCC(Cc1ccc(OC)cc1)NCCC. The van der Waals surface area contributed by atoms with Crippen molar-refractivity contribution in [3.05, 3.63) is 29.8 Å². The van der Waals surface area contributed by atoms with E-state index in [0.717, 1.165) is 44.4 Å². The fourth-order valence-electron chi connectivity index (χ4n) is 2.12. The first-order valence-corrected chi connectivity index (χ1v) is 7.10. The molecule has 0 saturated carbocycles. The van der Waals surface area contributed by atoms with Gasteiger partial charge in [-0.05, 0) is 49.9 Å². The van der Waals surface area contributed by atoms with Crippen LogP contribution in [0, 0.1) is 12.3 Å². The summed E-state index contributed by atoms with van der Waals surface area (Å²) in [6.07, 6.45) is 10.6. The molecule has 2 nitrogen and oxygen atoms in total. The number of methoxy groups -OCH3 is 1. The van der Waals surface area contributed by atoms with E-state index in [1.54, 1.807) is 7.11 Å². The lowest BCUT2D eigenvalue weighted by molar-refractivity contribution is 0.414. The van der Waals surface area contributed by atoms with E-state index in [2.05, 4.69) is 30.3 Å². The van der Waals surface area contributed by atoms with E-state index in [9.17, 15) is 0 Å². The zero-order valence-electron chi connectivity index (χ0n) is 12.1. The maximum atomic E-state index is 5.32. The molecule has 1 aromatic carbocycles. The lowest BCUT2D eigenvalue weighted by Crippen LogP contribution is -2.31. The largest absolute Gasteiger partial charge is 0.497 e. The molecule has 0 amide bonds. The summed E-state index contributed by atoms with van der Waals surface area (Å²) in [5.74, 6) is 3.63. The number of benzene rings is 1. The minimum Gasteiger partial charge on any atom is -0.497 e. The molecule has 0 aliphatic rings. The van der Waals surface area contributed by atoms with Crippen LogP contribution in [0.3, 0.4) is 0 Å². The fraction of sp³-hybridized carbons (Fsp3) is 0.529. The van der Waals surface area contributed by atoms with Crippen molar-refractivity contribution in [2.24, 2.45) is 0 Å². The van der Waals surface area contributed by atoms with Gasteiger partial charge in [-0.1, -0.05) is 19.1 Å². The van der Waals surface area contributed by atoms with Gasteiger partial charge in [0.15, 0.2) is 0 Å². The Hall–Kier alpha value is -1.46. The Balaban J connectivity index is 2.51. The third-order valence-corrected chi connectivity index (χ3v) is 3.20. The molecule has 1 unspecified atom stereocenters. The zero-order valence-corrected chi connectivity index (χ0v) is 12.1. The fourth-order valence-corrected chi connectivity index (χ4v) is 2.12. The molecule has 1 atom stereocenters. The number of rotatable bonds is 9. The van der Waals surface area contributed by atoms with Gasteiger partial charge in [0.2, 0.25) is 0 Å². The van der Waals surface area contributed by atoms with Gasteiger partial charge in [0.25, 0.3) is 0 Å². The van der Waals surface area contributed by atoms with Gasteiger partial charge in [-0.15, -0.1) is 12.3 Å². The summed E-state index contributed by atoms with van der Waals surface area (Å²) in [5.41, 5.74) is 1.34. The highest BCUT2D eigenvalue weighted by atomic mass is 16.5. The quantitative estimate of drug-likeness (QED) is 0.542. The average Bonchev–Trinajstić information content (AvgIpc) is 2.45. The third kappa shape index (κ3) is 6.31. The van der Waals surface area contributed by atoms with E-state index in [4.69, 9.17) is 11.2 Å². The summed E-state index contributed by atoms with van der Waals surface area (Å²) >= 11 is 0. The molecule has 0 aliphatic carbocycles. The molecule has 1 aromatic rings. The maximum absolute atomic E-state index is 5.32. The van der Waals surface area contributed by atoms with Crippen LogP contribution in [0.5, 0.6) is 5.75 Å². The summed E-state index contributed by atoms with van der Waals surface area (Å²) in [4.78, 5) is 0. The van der Waals surface area contributed by atoms with Crippen LogP contribution in [0.4, 0.5) is 0 Å². The van der Waals surface area contributed by atoms with Crippen LogP contribution < -0.4 is 10.1 Å². The summed E-state index contributed by atoms with van der Waals surface area (Å²) in [5, 5.41) is 3.61. The third-order valence-electron chi connectivity index (χ3n) is 3.20. The van der Waals surface area contributed by atoms with Crippen LogP contribution >= 0.6 is 0 Å². The van der Waals surface area contributed by atoms with Crippen LogP contribution in [-0.4, -0.2) is 19.7 Å². The highest BCUT2D eigenvalue weighted by molar-refractivity contribution is 5.27. The Morgan fingerprint density at radius 1 is 1.32 bits per heavy atom. The van der Waals surface area contributed by atoms with Crippen LogP contribution in [0.25, 0.3) is 0 Å². The van der Waals surface area contributed by atoms with E-state index >= 15 is 0 Å². The van der Waals surface area contributed by atoms with Gasteiger partial charge < -0.3 is 10.1 Å². The van der Waals surface area contributed by atoms with E-state index in [1.807, 2.05) is 12.1 Å². The molecule has 0 radical (unpaired) electrons. The second-order valence-corrected chi connectivity index (χ2v) is 4.80. The van der Waals surface area contributed by atoms with E-state index in [-0.39, 0.29) is 0 Å². The molecule has 0 bridgehead atoms. The molecule has 0 fully saturated rings. The van der Waals surface area contributed by atoms with Crippen molar-refractivity contribution in [1.82, 2.24) is 5.32 Å². The molecule has 104 valence electrons. The lowest BCUT2D eigenvalue weighted by Gasteiger charge is -2.18. The molecule has 0 aliphatic heterocycles. The molecule has 0 saturated heterocycles. The first-order chi connectivity index (χ1) is 9.30. The highest BCUT2D eigenvalue weighted by Gasteiger charge is 2.08. The van der Waals surface area contributed by atoms with E-state index in [0.29, 0.717) is 6.04 Å². The minimum absolute atomic E-state index is 0.515. The second kappa shape index (κ2) is 9.47. The van der Waals surface area contributed by atoms with E-state index in [1.165, 1.54) is 5.56 Å². The van der Waals surface area contributed by atoms with Crippen LogP contribution in [0.2, 0.25) is 0 Å². The molecule has 1 rings (SSSR count). The number of terminal acetylenes is 1. The highest BCUT2D eigenvalue weighted by Crippen LogP contribution is 2.14. The lowest BCUT2D eigenvalue weighted by atomic mass is 10.0. The number of nitrogens with one attached hydrogen (secondary N) is 1. The first-order valence-electron chi connectivity index (χ1n) is 7.10. The Bertz CT molecular complexity index is 377. The predicted molar refractivity (Wildman–Crippen MR) is 81.5 cm³/mol. The standard InChI is InChI=1S/C17H25NO/c1-4-6-7-8-16(18-13-5-2)14-15-9-11-17(19-3)12-10-15/h1,9-12,16,18H,5-8,13-14H2,2-3H3. The number of hydrogen-bond donors (Lipinski definition) is 1. The Morgan fingerprint density at radius 2 is 2.05 bits per heavy atom. The van der Waals surface area contributed by atoms with Crippen LogP contribution in [-0.2, 0) is 6.42 Å². The van der Waals surface area contributed by atoms with Crippen LogP contribution in [0.15, 0.2) is 24.3 Å². The molecule has 0 spiro atoms. The normalized spacial score (nSPS) is 11.8. The van der Waals surface area contributed by atoms with Crippen molar-refractivity contribution in [3.63, 3.8) is 0 Å². The summed E-state index contributed by atoms with van der Waals surface area (Å²) < 4.78 is 5.18. The molecular formula is C17H25NO. The summed E-state index contributed by atoms with van der Waals surface area (Å²) in [6.45, 7) is 3.26. The molecular weight excluding hydrogens is 234 g/mol. The van der Waals surface area contributed by atoms with Crippen molar-refractivity contribution >= 4 is 0 Å². The van der Waals surface area contributed by atoms with Gasteiger partial charge in [0.05, 0.1) is 7.11 Å². The van der Waals surface area contributed by atoms with Gasteiger partial charge in [0.1, 0.15) is 5.75 Å². The van der Waals surface area contributed by atoms with Gasteiger partial charge in [-0.3, -0.25) is 0 Å². The van der Waals surface area contributed by atoms with Crippen molar-refractivity contribution in [1.29, 1.82) is 0 Å². The van der Waals surface area contributed by atoms with Crippen molar-refractivity contribution < 1.29 is 4.74 Å². The first kappa shape index (κ1) is 15.6. The Labute approximate surface area is 117 Å². The zero-order chi connectivity index (χ0) is 13.9. The van der Waals surface area contributed by atoms with E-state index < -0.39 is 0 Å². The predicted octanol–water partition coefficient (Wildman–Crippen LogP) is 3.41. The van der Waals surface area contributed by atoms with Crippen molar-refractivity contribution in [3.8, 4) is 18.1 Å². The Kier molecular flexibility index (Phi) is 7.77. The van der Waals surface area contributed by atoms with Gasteiger partial charge in [-0.2, -0.15) is 0 Å². The molecule has 19 heavy (non-hydrogen) atoms. The molecule has 0 heterocycles. The number of unbranched alkanes of at least 4 members (excludes halogenated alkanes) is 1.